The van der Waals surface area contributed by atoms with Crippen molar-refractivity contribution in [2.45, 2.75) is 105 Å². The van der Waals surface area contributed by atoms with E-state index in [0.29, 0.717) is 28.8 Å². The van der Waals surface area contributed by atoms with Gasteiger partial charge in [0.05, 0.1) is 138 Å². The number of pyridine rings is 4. The molecule has 0 fully saturated rings. The van der Waals surface area contributed by atoms with Crippen LogP contribution in [0.15, 0.2) is 245 Å². The minimum absolute atomic E-state index is 0.000662. The fourth-order valence-corrected chi connectivity index (χ4v) is 18.9. The van der Waals surface area contributed by atoms with Gasteiger partial charge in [-0.25, -0.2) is 57.3 Å². The number of hydrogen-bond donors (Lipinski definition) is 4. The van der Waals surface area contributed by atoms with Gasteiger partial charge in [0.1, 0.15) is 17.5 Å². The summed E-state index contributed by atoms with van der Waals surface area (Å²) in [4.78, 5) is 122. The van der Waals surface area contributed by atoms with Gasteiger partial charge in [-0.05, 0) is 185 Å². The number of aryl methyl sites for hydroxylation is 1. The summed E-state index contributed by atoms with van der Waals surface area (Å²) in [5.41, 5.74) is 0.415. The van der Waals surface area contributed by atoms with Gasteiger partial charge in [0.25, 0.3) is 87.4 Å². The summed E-state index contributed by atoms with van der Waals surface area (Å²) in [6.07, 6.45) is 3.02. The first-order valence-electron chi connectivity index (χ1n) is 38.5. The van der Waals surface area contributed by atoms with Crippen LogP contribution in [0.1, 0.15) is 163 Å². The van der Waals surface area contributed by atoms with E-state index in [0.717, 1.165) is 60.7 Å². The summed E-state index contributed by atoms with van der Waals surface area (Å²) in [5, 5.41) is -0.0545. The molecule has 8 amide bonds. The number of aromatic nitrogens is 4. The fraction of sp³-hybridized carbons (Fsp3) is 0.146. The van der Waals surface area contributed by atoms with Gasteiger partial charge in [-0.2, -0.15) is 17.6 Å². The fourth-order valence-electron chi connectivity index (χ4n) is 13.7. The van der Waals surface area contributed by atoms with E-state index >= 15 is 0 Å². The molecule has 131 heavy (non-hydrogen) atoms. The van der Waals surface area contributed by atoms with Crippen LogP contribution >= 0.6 is 46.4 Å². The maximum Gasteiger partial charge on any atom is 0.419 e. The van der Waals surface area contributed by atoms with Crippen LogP contribution in [0.25, 0.3) is 0 Å². The zero-order chi connectivity index (χ0) is 95.3. The second-order valence-corrected chi connectivity index (χ2v) is 39.7. The Balaban J connectivity index is 0.000000149. The predicted octanol–water partition coefficient (Wildman–Crippen LogP) is 17.7. The zero-order valence-corrected chi connectivity index (χ0v) is 75.3. The molecule has 0 aliphatic carbocycles. The van der Waals surface area contributed by atoms with Crippen molar-refractivity contribution in [3.8, 4) is 0 Å². The number of imide groups is 4. The predicted molar refractivity (Wildman–Crippen MR) is 473 cm³/mol. The number of amides is 8. The molecule has 8 heterocycles. The normalized spacial score (nSPS) is 13.8. The van der Waals surface area contributed by atoms with Crippen LogP contribution in [0.4, 0.5) is 54.9 Å². The highest BCUT2D eigenvalue weighted by Gasteiger charge is 2.46. The highest BCUT2D eigenvalue weighted by molar-refractivity contribution is 7.93. The quantitative estimate of drug-likeness (QED) is 0.0332. The van der Waals surface area contributed by atoms with Crippen LogP contribution in [0.5, 0.6) is 0 Å². The van der Waals surface area contributed by atoms with Crippen LogP contribution in [-0.4, -0.2) is 116 Å². The lowest BCUT2D eigenvalue weighted by Crippen LogP contribution is -2.30. The second kappa shape index (κ2) is 36.9. The van der Waals surface area contributed by atoms with E-state index in [1.54, 1.807) is 73.1 Å². The van der Waals surface area contributed by atoms with Crippen LogP contribution in [0.2, 0.25) is 20.1 Å². The maximum atomic E-state index is 13.6. The third-order valence-electron chi connectivity index (χ3n) is 20.3. The van der Waals surface area contributed by atoms with Gasteiger partial charge in [0, 0.05) is 31.0 Å². The van der Waals surface area contributed by atoms with E-state index < -0.39 is 122 Å². The third-order valence-corrected chi connectivity index (χ3v) is 27.1. The summed E-state index contributed by atoms with van der Waals surface area (Å²) in [7, 11) is -16.8. The molecule has 0 bridgehead atoms. The Morgan fingerprint density at radius 3 is 1.03 bits per heavy atom. The Morgan fingerprint density at radius 2 is 0.687 bits per heavy atom. The lowest BCUT2D eigenvalue weighted by atomic mass is 9.87. The molecular weight excluding hydrogens is 1880 g/mol. The van der Waals surface area contributed by atoms with Gasteiger partial charge >= 0.3 is 6.18 Å². The number of fused-ring (bicyclic) bond motifs is 4. The van der Waals surface area contributed by atoms with Gasteiger partial charge in [0.2, 0.25) is 5.95 Å². The average molecular weight is 1950 g/mol. The summed E-state index contributed by atoms with van der Waals surface area (Å²) < 4.78 is 192. The van der Waals surface area contributed by atoms with E-state index in [1.807, 2.05) is 53.2 Å². The Labute approximate surface area is 764 Å². The van der Waals surface area contributed by atoms with Crippen LogP contribution in [0, 0.1) is 24.5 Å². The molecule has 0 unspecified atom stereocenters. The molecule has 0 saturated heterocycles. The monoisotopic (exact) mass is 1940 g/mol. The number of anilines is 5. The first kappa shape index (κ1) is 95.2. The Kier molecular flexibility index (Phi) is 26.8. The smallest absolute Gasteiger partial charge is 0.279 e. The van der Waals surface area contributed by atoms with Gasteiger partial charge in [-0.15, -0.1) is 0 Å². The minimum Gasteiger partial charge on any atom is -0.279 e. The second-order valence-electron chi connectivity index (χ2n) is 31.4. The summed E-state index contributed by atoms with van der Waals surface area (Å²) in [6.45, 7) is 13.5. The molecule has 0 radical (unpaired) electrons. The molecule has 28 nitrogen and oxygen atoms in total. The standard InChI is InChI=1S/C24H21ClFN3O4S.C23H19ClFN3O4S.C21H12ClF4N3O4S.C21H16ClN3O4S/c1-24(2,3)15-4-6-16(7-5-15)34(32,33)28-18-9-8-17(25)20-21(18)23(31)29(22(20)30)13-14-10-11-27-19(26)12-14;1-23(2,3)13-4-7-15(8-5-13)33(31,32)27-17-10-9-16(24)19-20(17)22(30)28(21(19)29)18-11-6-14(25)12-26-18;22-14-4-6-16(28-34(32,33)12-3-5-15(23)13(8-12)21(24,25)26)18-17(14)19(30)29(20(18)31)10-11-2-1-7-27-9-11;1-13-4-6-15(7-5-13)30(28,29)24-17-9-8-16(22)18-19(17)21(27)25(20(18)26)12-14-3-2-10-23-11-14/h4-12,28H,13H2,1-3H3;4-12,27H,1-3H3;1-9,28H,10H2;2-11,24H,12H2,1H3. The number of halogens is 10. The van der Waals surface area contributed by atoms with Crippen molar-refractivity contribution in [1.29, 1.82) is 0 Å². The van der Waals surface area contributed by atoms with Gasteiger partial charge in [-0.1, -0.05) is 142 Å². The molecule has 4 aliphatic heterocycles. The molecule has 4 aromatic heterocycles. The molecule has 4 aliphatic rings. The number of carbonyl (C=O) groups is 8. The van der Waals surface area contributed by atoms with Crippen molar-refractivity contribution in [1.82, 2.24) is 34.6 Å². The average Bonchev–Trinajstić information content (AvgIpc) is 1.61. The number of nitrogens with one attached hydrogen (secondary N) is 4. The number of nitrogens with zero attached hydrogens (tertiary/aromatic N) is 8. The van der Waals surface area contributed by atoms with Crippen molar-refractivity contribution < 1.29 is 98.4 Å². The van der Waals surface area contributed by atoms with Crippen molar-refractivity contribution in [3.05, 3.63) is 346 Å². The minimum atomic E-state index is -5.13. The molecular formula is C89H68Cl4F6N12O16S4. The molecule has 42 heteroatoms. The lowest BCUT2D eigenvalue weighted by molar-refractivity contribution is -0.140. The van der Waals surface area contributed by atoms with Crippen molar-refractivity contribution in [2.75, 3.05) is 23.8 Å². The van der Waals surface area contributed by atoms with Gasteiger partial charge < -0.3 is 0 Å². The molecule has 16 rings (SSSR count). The summed E-state index contributed by atoms with van der Waals surface area (Å²) in [5.74, 6) is -9.03. The number of sulfonamides is 4. The Bertz CT molecular complexity index is 7200. The first-order chi connectivity index (χ1) is 61.5. The van der Waals surface area contributed by atoms with Crippen LogP contribution in [0.3, 0.4) is 0 Å². The molecule has 0 saturated carbocycles. The largest absolute Gasteiger partial charge is 0.419 e. The van der Waals surface area contributed by atoms with E-state index in [9.17, 15) is 98.4 Å². The Hall–Kier alpha value is -13.3. The van der Waals surface area contributed by atoms with E-state index in [2.05, 4.69) is 34.1 Å². The number of rotatable bonds is 19. The molecule has 674 valence electrons. The van der Waals surface area contributed by atoms with E-state index in [1.165, 1.54) is 110 Å². The van der Waals surface area contributed by atoms with Gasteiger partial charge in [-0.3, -0.25) is 81.9 Å². The third kappa shape index (κ3) is 20.2. The highest BCUT2D eigenvalue weighted by Crippen LogP contribution is 2.43. The van der Waals surface area contributed by atoms with Crippen molar-refractivity contribution in [3.63, 3.8) is 0 Å². The van der Waals surface area contributed by atoms with E-state index in [4.69, 9.17) is 46.4 Å². The molecule has 8 aromatic carbocycles. The first-order valence-corrected chi connectivity index (χ1v) is 45.9. The van der Waals surface area contributed by atoms with Gasteiger partial charge in [0.15, 0.2) is 0 Å². The number of benzene rings is 8. The maximum absolute atomic E-state index is 13.6. The topological polar surface area (TPSA) is 386 Å². The summed E-state index contributed by atoms with van der Waals surface area (Å²) >= 11 is 24.6. The van der Waals surface area contributed by atoms with Crippen molar-refractivity contribution in [2.24, 2.45) is 0 Å². The summed E-state index contributed by atoms with van der Waals surface area (Å²) in [6, 6.07) is 42.1. The van der Waals surface area contributed by atoms with Crippen LogP contribution in [-0.2, 0) is 76.7 Å². The highest BCUT2D eigenvalue weighted by atomic mass is 35.5. The van der Waals surface area contributed by atoms with Crippen molar-refractivity contribution >= 4 is 162 Å². The number of hydrogen-bond acceptors (Lipinski definition) is 20. The Morgan fingerprint density at radius 1 is 0.351 bits per heavy atom. The molecule has 12 aromatic rings. The SMILES string of the molecule is CC(C)(C)c1ccc(S(=O)(=O)Nc2ccc(Cl)c3c2C(=O)N(Cc2ccnc(F)c2)C3=O)cc1.CC(C)(C)c1ccc(S(=O)(=O)Nc2ccc(Cl)c3c2C(=O)N(c2ccc(F)cn2)C3=O)cc1.Cc1ccc(S(=O)(=O)Nc2ccc(Cl)c3c2C(=O)N(Cc2cccnc2)C3=O)cc1.O=C1c2c(Cl)ccc(NS(=O)(=O)c3ccc(F)c(C(F)(F)F)c3)c2C(=O)N1Cc1cccnc1. The number of carbonyl (C=O) groups excluding carboxylic acids is 8. The molecule has 0 spiro atoms. The number of alkyl halides is 3. The lowest BCUT2D eigenvalue weighted by Gasteiger charge is -2.19. The zero-order valence-electron chi connectivity index (χ0n) is 69.0. The van der Waals surface area contributed by atoms with E-state index in [-0.39, 0.29) is 144 Å². The van der Waals surface area contributed by atoms with Crippen LogP contribution < -0.4 is 23.8 Å². The molecule has 4 N–H and O–H groups in total. The molecule has 0 atom stereocenters.